The molecule has 0 bridgehead atoms. The van der Waals surface area contributed by atoms with E-state index in [1.54, 1.807) is 36.3 Å². The molecule has 0 radical (unpaired) electrons. The number of thioether (sulfide) groups is 1. The first-order chi connectivity index (χ1) is 18.0. The number of amides is 2. The third-order valence-electron chi connectivity index (χ3n) is 5.73. The number of fused-ring (bicyclic) bond motifs is 1. The van der Waals surface area contributed by atoms with Gasteiger partial charge in [-0.1, -0.05) is 84.6 Å². The minimum Gasteiger partial charge on any atom is -0.495 e. The summed E-state index contributed by atoms with van der Waals surface area (Å²) in [6, 6.07) is 28.1. The van der Waals surface area contributed by atoms with Gasteiger partial charge in [0.2, 0.25) is 0 Å². The molecule has 0 atom stereocenters. The molecule has 0 aromatic heterocycles. The fraction of sp³-hybridized carbons (Fsp3) is 0.0690. The molecule has 1 N–H and O–H groups in total. The molecule has 0 spiro atoms. The van der Waals surface area contributed by atoms with Crippen molar-refractivity contribution < 1.29 is 19.1 Å². The Hall–Kier alpha value is -4.14. The number of para-hydroxylation sites is 2. The highest BCUT2D eigenvalue weighted by atomic mass is 32.2. The van der Waals surface area contributed by atoms with Crippen LogP contribution in [0.3, 0.4) is 0 Å². The average Bonchev–Trinajstić information content (AvgIpc) is 3.20. The maximum atomic E-state index is 13.3. The van der Waals surface area contributed by atoms with Crippen molar-refractivity contribution in [3.05, 3.63) is 101 Å². The number of carbonyl (C=O) groups excluding carboxylic acids is 2. The molecule has 1 aliphatic heterocycles. The summed E-state index contributed by atoms with van der Waals surface area (Å²) in [7, 11) is 1.55. The fourth-order valence-electron chi connectivity index (χ4n) is 3.97. The van der Waals surface area contributed by atoms with Gasteiger partial charge in [-0.05, 0) is 47.4 Å². The van der Waals surface area contributed by atoms with Gasteiger partial charge in [0.05, 0.1) is 23.4 Å². The van der Waals surface area contributed by atoms with Crippen LogP contribution in [0, 0.1) is 0 Å². The highest BCUT2D eigenvalue weighted by molar-refractivity contribution is 8.27. The van der Waals surface area contributed by atoms with Gasteiger partial charge >= 0.3 is 0 Å². The SMILES string of the molecule is COc1ccccc1NC(=O)COc1ccc(/C=C2/SC(=S)N(c3cccc4ccccc34)C2=O)cc1. The van der Waals surface area contributed by atoms with E-state index in [0.717, 1.165) is 22.0 Å². The lowest BCUT2D eigenvalue weighted by molar-refractivity contribution is -0.118. The third-order valence-corrected chi connectivity index (χ3v) is 7.03. The zero-order valence-electron chi connectivity index (χ0n) is 19.8. The van der Waals surface area contributed by atoms with Gasteiger partial charge < -0.3 is 14.8 Å². The molecule has 184 valence electrons. The minimum atomic E-state index is -0.300. The number of rotatable bonds is 7. The monoisotopic (exact) mass is 526 g/mol. The summed E-state index contributed by atoms with van der Waals surface area (Å²) in [5.41, 5.74) is 2.18. The number of ether oxygens (including phenoxy) is 2. The number of anilines is 2. The molecule has 0 saturated carbocycles. The normalized spacial score (nSPS) is 14.3. The predicted octanol–water partition coefficient (Wildman–Crippen LogP) is 6.27. The van der Waals surface area contributed by atoms with E-state index in [0.29, 0.717) is 26.4 Å². The molecule has 4 aromatic carbocycles. The summed E-state index contributed by atoms with van der Waals surface area (Å²) >= 11 is 6.84. The lowest BCUT2D eigenvalue weighted by Crippen LogP contribution is -2.27. The second-order valence-electron chi connectivity index (χ2n) is 8.12. The number of methoxy groups -OCH3 is 1. The number of hydrogen-bond donors (Lipinski definition) is 1. The third kappa shape index (κ3) is 5.35. The number of hydrogen-bond acceptors (Lipinski definition) is 6. The van der Waals surface area contributed by atoms with Gasteiger partial charge in [0.25, 0.3) is 11.8 Å². The smallest absolute Gasteiger partial charge is 0.270 e. The van der Waals surface area contributed by atoms with Crippen LogP contribution in [-0.4, -0.2) is 29.9 Å². The second-order valence-corrected chi connectivity index (χ2v) is 9.80. The highest BCUT2D eigenvalue weighted by Crippen LogP contribution is 2.39. The molecule has 8 heteroatoms. The molecule has 1 saturated heterocycles. The van der Waals surface area contributed by atoms with Crippen molar-refractivity contribution in [3.63, 3.8) is 0 Å². The van der Waals surface area contributed by atoms with Crippen molar-refractivity contribution >= 4 is 68.3 Å². The van der Waals surface area contributed by atoms with Gasteiger partial charge in [0.15, 0.2) is 10.9 Å². The number of nitrogens with zero attached hydrogens (tertiary/aromatic N) is 1. The van der Waals surface area contributed by atoms with Crippen molar-refractivity contribution in [1.29, 1.82) is 0 Å². The number of carbonyl (C=O) groups is 2. The van der Waals surface area contributed by atoms with Gasteiger partial charge in [-0.2, -0.15) is 0 Å². The van der Waals surface area contributed by atoms with Gasteiger partial charge in [0.1, 0.15) is 11.5 Å². The average molecular weight is 527 g/mol. The first-order valence-corrected chi connectivity index (χ1v) is 12.7. The minimum absolute atomic E-state index is 0.152. The summed E-state index contributed by atoms with van der Waals surface area (Å²) in [5.74, 6) is 0.659. The topological polar surface area (TPSA) is 67.9 Å². The Morgan fingerprint density at radius 1 is 0.973 bits per heavy atom. The Balaban J connectivity index is 1.25. The van der Waals surface area contributed by atoms with E-state index in [1.165, 1.54) is 11.8 Å². The van der Waals surface area contributed by atoms with Crippen LogP contribution in [0.1, 0.15) is 5.56 Å². The van der Waals surface area contributed by atoms with Crippen LogP contribution in [-0.2, 0) is 9.59 Å². The van der Waals surface area contributed by atoms with Gasteiger partial charge in [-0.3, -0.25) is 14.5 Å². The van der Waals surface area contributed by atoms with E-state index in [9.17, 15) is 9.59 Å². The van der Waals surface area contributed by atoms with Crippen molar-refractivity contribution in [2.24, 2.45) is 0 Å². The number of nitrogens with one attached hydrogen (secondary N) is 1. The van der Waals surface area contributed by atoms with Crippen molar-refractivity contribution in [3.8, 4) is 11.5 Å². The maximum Gasteiger partial charge on any atom is 0.270 e. The van der Waals surface area contributed by atoms with Crippen LogP contribution in [0.2, 0.25) is 0 Å². The van der Waals surface area contributed by atoms with Gasteiger partial charge in [-0.25, -0.2) is 0 Å². The van der Waals surface area contributed by atoms with E-state index in [2.05, 4.69) is 5.32 Å². The lowest BCUT2D eigenvalue weighted by Gasteiger charge is -2.17. The molecular weight excluding hydrogens is 504 g/mol. The lowest BCUT2D eigenvalue weighted by atomic mass is 10.1. The Kier molecular flexibility index (Phi) is 7.20. The Bertz CT molecular complexity index is 1530. The Labute approximate surface area is 223 Å². The van der Waals surface area contributed by atoms with Gasteiger partial charge in [-0.15, -0.1) is 0 Å². The van der Waals surface area contributed by atoms with Crippen molar-refractivity contribution in [1.82, 2.24) is 0 Å². The zero-order chi connectivity index (χ0) is 25.8. The Morgan fingerprint density at radius 3 is 2.51 bits per heavy atom. The summed E-state index contributed by atoms with van der Waals surface area (Å²) in [6.45, 7) is -0.152. The van der Waals surface area contributed by atoms with E-state index in [-0.39, 0.29) is 18.4 Å². The van der Waals surface area contributed by atoms with Crippen LogP contribution < -0.4 is 19.7 Å². The molecule has 0 aliphatic carbocycles. The fourth-order valence-corrected chi connectivity index (χ4v) is 5.26. The molecule has 2 amide bonds. The summed E-state index contributed by atoms with van der Waals surface area (Å²) in [5, 5.41) is 4.79. The summed E-state index contributed by atoms with van der Waals surface area (Å²) < 4.78 is 11.4. The molecular formula is C29H22N2O4S2. The molecule has 6 nitrogen and oxygen atoms in total. The van der Waals surface area contributed by atoms with Crippen LogP contribution >= 0.6 is 24.0 Å². The van der Waals surface area contributed by atoms with Crippen LogP contribution in [0.5, 0.6) is 11.5 Å². The maximum absolute atomic E-state index is 13.3. The van der Waals surface area contributed by atoms with Gasteiger partial charge in [0, 0.05) is 5.39 Å². The van der Waals surface area contributed by atoms with E-state index >= 15 is 0 Å². The molecule has 1 aliphatic rings. The molecule has 1 heterocycles. The number of benzene rings is 4. The number of thiocarbonyl (C=S) groups is 1. The van der Waals surface area contributed by atoms with Crippen LogP contribution in [0.25, 0.3) is 16.8 Å². The largest absolute Gasteiger partial charge is 0.495 e. The first-order valence-electron chi connectivity index (χ1n) is 11.4. The standard InChI is InChI=1S/C29H22N2O4S2/c1-34-25-12-5-4-10-23(25)30-27(32)18-35-21-15-13-19(14-16-21)17-26-28(33)31(29(36)37-26)24-11-6-8-20-7-2-3-9-22(20)24/h2-17H,18H2,1H3,(H,30,32)/b26-17+. The summed E-state index contributed by atoms with van der Waals surface area (Å²) in [4.78, 5) is 27.7. The zero-order valence-corrected chi connectivity index (χ0v) is 21.5. The molecule has 5 rings (SSSR count). The Morgan fingerprint density at radius 2 is 1.70 bits per heavy atom. The van der Waals surface area contributed by atoms with Crippen LogP contribution in [0.15, 0.2) is 95.9 Å². The van der Waals surface area contributed by atoms with Crippen molar-refractivity contribution in [2.45, 2.75) is 0 Å². The second kappa shape index (κ2) is 10.9. The molecule has 0 unspecified atom stereocenters. The molecule has 37 heavy (non-hydrogen) atoms. The molecule has 4 aromatic rings. The first kappa shape index (κ1) is 24.5. The highest BCUT2D eigenvalue weighted by Gasteiger charge is 2.34. The van der Waals surface area contributed by atoms with Crippen molar-refractivity contribution in [2.75, 3.05) is 23.9 Å². The predicted molar refractivity (Wildman–Crippen MR) is 153 cm³/mol. The summed E-state index contributed by atoms with van der Waals surface area (Å²) in [6.07, 6.45) is 1.81. The van der Waals surface area contributed by atoms with E-state index < -0.39 is 0 Å². The van der Waals surface area contributed by atoms with E-state index in [4.69, 9.17) is 21.7 Å². The molecule has 1 fully saturated rings. The van der Waals surface area contributed by atoms with Crippen LogP contribution in [0.4, 0.5) is 11.4 Å². The quantitative estimate of drug-likeness (QED) is 0.226. The van der Waals surface area contributed by atoms with E-state index in [1.807, 2.05) is 72.8 Å².